The molecule has 1 heterocycles. The van der Waals surface area contributed by atoms with E-state index in [0.29, 0.717) is 11.4 Å². The number of hydrogen-bond acceptors (Lipinski definition) is 6. The number of anilines is 2. The Hall–Kier alpha value is -2.13. The Kier molecular flexibility index (Phi) is 3.91. The van der Waals surface area contributed by atoms with Gasteiger partial charge in [0.1, 0.15) is 0 Å². The standard InChI is InChI=1S/C11H11N3O4S2/c1-12-8-2-3-11(10(6-8)14(15)16)20(17,18)13-9-4-5-19-7-9/h2-7,12-13H,1H3. The third-order valence-electron chi connectivity index (χ3n) is 2.51. The van der Waals surface area contributed by atoms with Crippen LogP contribution in [0.2, 0.25) is 0 Å². The van der Waals surface area contributed by atoms with Gasteiger partial charge < -0.3 is 5.32 Å². The van der Waals surface area contributed by atoms with Crippen LogP contribution in [-0.2, 0) is 10.0 Å². The monoisotopic (exact) mass is 313 g/mol. The van der Waals surface area contributed by atoms with Gasteiger partial charge in [-0.15, -0.1) is 0 Å². The van der Waals surface area contributed by atoms with Gasteiger partial charge >= 0.3 is 0 Å². The van der Waals surface area contributed by atoms with Crippen LogP contribution in [0.5, 0.6) is 0 Å². The van der Waals surface area contributed by atoms with Gasteiger partial charge in [-0.2, -0.15) is 11.3 Å². The minimum Gasteiger partial charge on any atom is -0.388 e. The van der Waals surface area contributed by atoms with E-state index in [4.69, 9.17) is 0 Å². The van der Waals surface area contributed by atoms with Crippen molar-refractivity contribution in [2.75, 3.05) is 17.1 Å². The summed E-state index contributed by atoms with van der Waals surface area (Å²) in [6, 6.07) is 5.44. The fourth-order valence-electron chi connectivity index (χ4n) is 1.58. The predicted molar refractivity (Wildman–Crippen MR) is 77.8 cm³/mol. The number of nitrogens with zero attached hydrogens (tertiary/aromatic N) is 1. The van der Waals surface area contributed by atoms with Crippen LogP contribution in [0.4, 0.5) is 17.1 Å². The number of sulfonamides is 1. The van der Waals surface area contributed by atoms with Gasteiger partial charge in [-0.25, -0.2) is 8.42 Å². The van der Waals surface area contributed by atoms with Crippen molar-refractivity contribution in [1.82, 2.24) is 0 Å². The summed E-state index contributed by atoms with van der Waals surface area (Å²) in [7, 11) is -2.40. The maximum atomic E-state index is 12.2. The fraction of sp³-hybridized carbons (Fsp3) is 0.0909. The van der Waals surface area contributed by atoms with E-state index in [1.54, 1.807) is 23.9 Å². The van der Waals surface area contributed by atoms with Crippen molar-refractivity contribution in [2.24, 2.45) is 0 Å². The van der Waals surface area contributed by atoms with Gasteiger partial charge in [-0.05, 0) is 23.6 Å². The number of nitro groups is 1. The minimum atomic E-state index is -4.00. The summed E-state index contributed by atoms with van der Waals surface area (Å²) < 4.78 is 26.7. The molecule has 1 aromatic carbocycles. The molecule has 0 saturated carbocycles. The fourth-order valence-corrected chi connectivity index (χ4v) is 3.44. The summed E-state index contributed by atoms with van der Waals surface area (Å²) in [5, 5.41) is 17.1. The Morgan fingerprint density at radius 2 is 2.00 bits per heavy atom. The van der Waals surface area contributed by atoms with Crippen molar-refractivity contribution in [3.05, 3.63) is 45.1 Å². The van der Waals surface area contributed by atoms with Gasteiger partial charge in [0, 0.05) is 24.2 Å². The highest BCUT2D eigenvalue weighted by Crippen LogP contribution is 2.29. The van der Waals surface area contributed by atoms with Crippen molar-refractivity contribution in [3.8, 4) is 0 Å². The summed E-state index contributed by atoms with van der Waals surface area (Å²) in [4.78, 5) is 9.94. The molecular weight excluding hydrogens is 302 g/mol. The Balaban J connectivity index is 2.48. The molecule has 0 saturated heterocycles. The van der Waals surface area contributed by atoms with E-state index in [1.807, 2.05) is 0 Å². The van der Waals surface area contributed by atoms with E-state index < -0.39 is 20.6 Å². The normalized spacial score (nSPS) is 11.1. The van der Waals surface area contributed by atoms with Crippen molar-refractivity contribution >= 4 is 38.4 Å². The lowest BCUT2D eigenvalue weighted by Crippen LogP contribution is -2.14. The lowest BCUT2D eigenvalue weighted by molar-refractivity contribution is -0.387. The number of nitrogens with one attached hydrogen (secondary N) is 2. The molecule has 0 fully saturated rings. The molecule has 2 rings (SSSR count). The van der Waals surface area contributed by atoms with Crippen molar-refractivity contribution in [2.45, 2.75) is 4.90 Å². The molecule has 0 radical (unpaired) electrons. The van der Waals surface area contributed by atoms with E-state index in [2.05, 4.69) is 10.0 Å². The van der Waals surface area contributed by atoms with Gasteiger partial charge in [0.15, 0.2) is 4.90 Å². The van der Waals surface area contributed by atoms with Gasteiger partial charge in [0.2, 0.25) is 0 Å². The van der Waals surface area contributed by atoms with E-state index in [0.717, 1.165) is 0 Å². The molecule has 0 aliphatic heterocycles. The molecular formula is C11H11N3O4S2. The average molecular weight is 313 g/mol. The van der Waals surface area contributed by atoms with Gasteiger partial charge in [-0.3, -0.25) is 14.8 Å². The number of benzene rings is 1. The Morgan fingerprint density at radius 1 is 1.25 bits per heavy atom. The lowest BCUT2D eigenvalue weighted by Gasteiger charge is -2.08. The Morgan fingerprint density at radius 3 is 2.55 bits per heavy atom. The highest BCUT2D eigenvalue weighted by molar-refractivity contribution is 7.92. The zero-order chi connectivity index (χ0) is 14.8. The first-order valence-corrected chi connectivity index (χ1v) is 7.88. The molecule has 0 atom stereocenters. The average Bonchev–Trinajstić information content (AvgIpc) is 2.90. The second-order valence-corrected chi connectivity index (χ2v) is 6.24. The second kappa shape index (κ2) is 5.47. The highest BCUT2D eigenvalue weighted by Gasteiger charge is 2.26. The smallest absolute Gasteiger partial charge is 0.291 e. The topological polar surface area (TPSA) is 101 Å². The molecule has 106 valence electrons. The summed E-state index contributed by atoms with van der Waals surface area (Å²) >= 11 is 1.32. The molecule has 0 unspecified atom stereocenters. The quantitative estimate of drug-likeness (QED) is 0.652. The van der Waals surface area contributed by atoms with Gasteiger partial charge in [0.25, 0.3) is 15.7 Å². The minimum absolute atomic E-state index is 0.368. The lowest BCUT2D eigenvalue weighted by atomic mass is 10.3. The van der Waals surface area contributed by atoms with Crippen LogP contribution in [0.3, 0.4) is 0 Å². The number of nitro benzene ring substituents is 1. The second-order valence-electron chi connectivity index (χ2n) is 3.81. The van der Waals surface area contributed by atoms with E-state index >= 15 is 0 Å². The van der Waals surface area contributed by atoms with Crippen LogP contribution < -0.4 is 10.0 Å². The molecule has 0 aliphatic rings. The molecule has 0 spiro atoms. The van der Waals surface area contributed by atoms with Crippen molar-refractivity contribution in [3.63, 3.8) is 0 Å². The zero-order valence-corrected chi connectivity index (χ0v) is 12.0. The first-order chi connectivity index (χ1) is 9.44. The van der Waals surface area contributed by atoms with Crippen LogP contribution in [0.25, 0.3) is 0 Å². The highest BCUT2D eigenvalue weighted by atomic mass is 32.2. The van der Waals surface area contributed by atoms with Crippen LogP contribution >= 0.6 is 11.3 Å². The Labute approximate surface area is 119 Å². The first-order valence-electron chi connectivity index (χ1n) is 5.45. The molecule has 9 heteroatoms. The van der Waals surface area contributed by atoms with E-state index in [1.165, 1.54) is 29.5 Å². The zero-order valence-electron chi connectivity index (χ0n) is 10.4. The van der Waals surface area contributed by atoms with Crippen molar-refractivity contribution < 1.29 is 13.3 Å². The summed E-state index contributed by atoms with van der Waals surface area (Å²) in [5.41, 5.74) is 0.368. The number of hydrogen-bond donors (Lipinski definition) is 2. The SMILES string of the molecule is CNc1ccc(S(=O)(=O)Nc2ccsc2)c([N+](=O)[O-])c1. The molecule has 0 bridgehead atoms. The number of thiophene rings is 1. The van der Waals surface area contributed by atoms with Gasteiger partial charge in [-0.1, -0.05) is 0 Å². The number of rotatable bonds is 5. The molecule has 20 heavy (non-hydrogen) atoms. The summed E-state index contributed by atoms with van der Waals surface area (Å²) in [5.74, 6) is 0. The van der Waals surface area contributed by atoms with Crippen LogP contribution in [0.1, 0.15) is 0 Å². The third-order valence-corrected chi connectivity index (χ3v) is 4.62. The molecule has 2 N–H and O–H groups in total. The first kappa shape index (κ1) is 14.3. The Bertz CT molecular complexity index is 726. The molecule has 7 nitrogen and oxygen atoms in total. The summed E-state index contributed by atoms with van der Waals surface area (Å²) in [6.45, 7) is 0. The maximum absolute atomic E-state index is 12.2. The molecule has 2 aromatic rings. The van der Waals surface area contributed by atoms with E-state index in [9.17, 15) is 18.5 Å². The van der Waals surface area contributed by atoms with Crippen LogP contribution in [-0.4, -0.2) is 20.4 Å². The van der Waals surface area contributed by atoms with Crippen LogP contribution in [0.15, 0.2) is 39.9 Å². The molecule has 0 aliphatic carbocycles. The van der Waals surface area contributed by atoms with E-state index in [-0.39, 0.29) is 4.90 Å². The van der Waals surface area contributed by atoms with Crippen molar-refractivity contribution in [1.29, 1.82) is 0 Å². The third kappa shape index (κ3) is 2.89. The molecule has 0 amide bonds. The maximum Gasteiger partial charge on any atom is 0.291 e. The van der Waals surface area contributed by atoms with Crippen LogP contribution in [0, 0.1) is 10.1 Å². The van der Waals surface area contributed by atoms with Gasteiger partial charge in [0.05, 0.1) is 10.6 Å². The largest absolute Gasteiger partial charge is 0.388 e. The molecule has 1 aromatic heterocycles. The summed E-state index contributed by atoms with van der Waals surface area (Å²) in [6.07, 6.45) is 0. The predicted octanol–water partition coefficient (Wildman–Crippen LogP) is 2.50.